The number of thioether (sulfide) groups is 1. The van der Waals surface area contributed by atoms with E-state index in [1.165, 1.54) is 27.0 Å². The minimum absolute atomic E-state index is 0.0408. The van der Waals surface area contributed by atoms with E-state index in [0.29, 0.717) is 0 Å². The molecule has 0 spiro atoms. The molecule has 0 saturated carbocycles. The Balaban J connectivity index is 2.28. The van der Waals surface area contributed by atoms with Crippen molar-refractivity contribution in [3.63, 3.8) is 0 Å². The lowest BCUT2D eigenvalue weighted by Crippen LogP contribution is -2.55. The van der Waals surface area contributed by atoms with Gasteiger partial charge in [-0.25, -0.2) is 9.37 Å². The standard InChI is InChI=1S/C16H17ClFNO7S/c1-7(20)23-12-6-27-16(26-10-4-11(18)15(17)19-5-10)14(25-9(3)22)13(12)24-8(2)21/h4-5,12-14,16H,6H2,1-3H3/t12-,13+,14-,16-/m1/s1. The van der Waals surface area contributed by atoms with Crippen LogP contribution in [0.5, 0.6) is 5.75 Å². The van der Waals surface area contributed by atoms with Gasteiger partial charge in [0.1, 0.15) is 5.75 Å². The lowest BCUT2D eigenvalue weighted by atomic mass is 10.1. The van der Waals surface area contributed by atoms with Crippen molar-refractivity contribution >= 4 is 41.3 Å². The molecule has 0 aliphatic carbocycles. The number of ether oxygens (including phenoxy) is 4. The highest BCUT2D eigenvalue weighted by atomic mass is 35.5. The maximum Gasteiger partial charge on any atom is 0.303 e. The number of aromatic nitrogens is 1. The highest BCUT2D eigenvalue weighted by molar-refractivity contribution is 7.99. The van der Waals surface area contributed by atoms with Gasteiger partial charge < -0.3 is 18.9 Å². The zero-order valence-electron chi connectivity index (χ0n) is 14.6. The highest BCUT2D eigenvalue weighted by Crippen LogP contribution is 2.34. The van der Waals surface area contributed by atoms with Gasteiger partial charge in [0.15, 0.2) is 34.7 Å². The molecule has 27 heavy (non-hydrogen) atoms. The minimum atomic E-state index is -1.10. The summed E-state index contributed by atoms with van der Waals surface area (Å²) in [5, 5.41) is -0.317. The van der Waals surface area contributed by atoms with E-state index >= 15 is 0 Å². The summed E-state index contributed by atoms with van der Waals surface area (Å²) in [5.41, 5.74) is -0.868. The molecule has 0 bridgehead atoms. The van der Waals surface area contributed by atoms with Crippen LogP contribution in [0.1, 0.15) is 20.8 Å². The molecule has 0 radical (unpaired) electrons. The molecule has 4 atom stereocenters. The number of rotatable bonds is 5. The zero-order chi connectivity index (χ0) is 20.1. The van der Waals surface area contributed by atoms with E-state index in [9.17, 15) is 18.8 Å². The third kappa shape index (κ3) is 5.96. The van der Waals surface area contributed by atoms with Crippen LogP contribution < -0.4 is 4.74 Å². The highest BCUT2D eigenvalue weighted by Gasteiger charge is 2.47. The van der Waals surface area contributed by atoms with Crippen LogP contribution in [0.3, 0.4) is 0 Å². The first kappa shape index (κ1) is 21.2. The second-order valence-electron chi connectivity index (χ2n) is 5.56. The molecule has 1 fully saturated rings. The summed E-state index contributed by atoms with van der Waals surface area (Å²) >= 11 is 6.69. The number of hydrogen-bond acceptors (Lipinski definition) is 9. The molecule has 2 rings (SSSR count). The Morgan fingerprint density at radius 3 is 2.26 bits per heavy atom. The second kappa shape index (κ2) is 9.23. The summed E-state index contributed by atoms with van der Waals surface area (Å²) in [5.74, 6) is -2.44. The summed E-state index contributed by atoms with van der Waals surface area (Å²) in [4.78, 5) is 38.0. The molecule has 0 amide bonds. The van der Waals surface area contributed by atoms with Gasteiger partial charge in [-0.15, -0.1) is 11.8 Å². The Morgan fingerprint density at radius 2 is 1.70 bits per heavy atom. The average Bonchev–Trinajstić information content (AvgIpc) is 2.55. The van der Waals surface area contributed by atoms with Crippen molar-refractivity contribution in [2.24, 2.45) is 0 Å². The number of carbonyl (C=O) groups excluding carboxylic acids is 3. The molecule has 1 aliphatic rings. The molecule has 0 unspecified atom stereocenters. The zero-order valence-corrected chi connectivity index (χ0v) is 16.2. The fourth-order valence-electron chi connectivity index (χ4n) is 2.41. The predicted molar refractivity (Wildman–Crippen MR) is 92.7 cm³/mol. The first-order valence-electron chi connectivity index (χ1n) is 7.78. The van der Waals surface area contributed by atoms with Crippen LogP contribution in [0.2, 0.25) is 5.15 Å². The number of hydrogen-bond donors (Lipinski definition) is 0. The van der Waals surface area contributed by atoms with Crippen molar-refractivity contribution in [1.82, 2.24) is 4.98 Å². The summed E-state index contributed by atoms with van der Waals surface area (Å²) in [6.45, 7) is 3.55. The lowest BCUT2D eigenvalue weighted by molar-refractivity contribution is -0.186. The van der Waals surface area contributed by atoms with Crippen molar-refractivity contribution < 1.29 is 37.7 Å². The molecule has 0 N–H and O–H groups in total. The van der Waals surface area contributed by atoms with Crippen LogP contribution >= 0.6 is 23.4 Å². The second-order valence-corrected chi connectivity index (χ2v) is 7.05. The quantitative estimate of drug-likeness (QED) is 0.402. The van der Waals surface area contributed by atoms with Crippen molar-refractivity contribution in [1.29, 1.82) is 0 Å². The Morgan fingerprint density at radius 1 is 1.11 bits per heavy atom. The number of carbonyl (C=O) groups is 3. The maximum atomic E-state index is 13.6. The molecule has 1 aromatic heterocycles. The Hall–Kier alpha value is -2.07. The van der Waals surface area contributed by atoms with Crippen LogP contribution in [-0.2, 0) is 28.6 Å². The largest absolute Gasteiger partial charge is 0.474 e. The number of nitrogens with zero attached hydrogens (tertiary/aromatic N) is 1. The minimum Gasteiger partial charge on any atom is -0.474 e. The number of pyridine rings is 1. The fraction of sp³-hybridized carbons (Fsp3) is 0.500. The third-order valence-corrected chi connectivity index (χ3v) is 4.82. The first-order valence-corrected chi connectivity index (χ1v) is 9.21. The Bertz CT molecular complexity index is 735. The lowest BCUT2D eigenvalue weighted by Gasteiger charge is -2.39. The molecule has 11 heteroatoms. The van der Waals surface area contributed by atoms with E-state index in [1.807, 2.05) is 0 Å². The molecule has 2 heterocycles. The van der Waals surface area contributed by atoms with Gasteiger partial charge in [-0.2, -0.15) is 0 Å². The van der Waals surface area contributed by atoms with Crippen molar-refractivity contribution in [3.8, 4) is 5.75 Å². The van der Waals surface area contributed by atoms with Crippen molar-refractivity contribution in [2.75, 3.05) is 5.75 Å². The van der Waals surface area contributed by atoms with Crippen LogP contribution in [0.25, 0.3) is 0 Å². The van der Waals surface area contributed by atoms with Gasteiger partial charge in [-0.05, 0) is 0 Å². The van der Waals surface area contributed by atoms with Crippen molar-refractivity contribution in [2.45, 2.75) is 44.5 Å². The smallest absolute Gasteiger partial charge is 0.303 e. The average molecular weight is 422 g/mol. The van der Waals surface area contributed by atoms with Gasteiger partial charge >= 0.3 is 17.9 Å². The van der Waals surface area contributed by atoms with Crippen molar-refractivity contribution in [3.05, 3.63) is 23.2 Å². The van der Waals surface area contributed by atoms with E-state index in [1.54, 1.807) is 0 Å². The molecule has 8 nitrogen and oxygen atoms in total. The fourth-order valence-corrected chi connectivity index (χ4v) is 3.73. The molecule has 1 saturated heterocycles. The van der Waals surface area contributed by atoms with Gasteiger partial charge in [-0.3, -0.25) is 14.4 Å². The maximum absolute atomic E-state index is 13.6. The third-order valence-electron chi connectivity index (χ3n) is 3.33. The van der Waals surface area contributed by atoms with Gasteiger partial charge in [0.25, 0.3) is 0 Å². The van der Waals surface area contributed by atoms with E-state index in [4.69, 9.17) is 30.5 Å². The Labute approximate surface area is 163 Å². The summed E-state index contributed by atoms with van der Waals surface area (Å²) in [6, 6.07) is 1.03. The monoisotopic (exact) mass is 421 g/mol. The summed E-state index contributed by atoms with van der Waals surface area (Å²) in [6.07, 6.45) is -1.84. The molecule has 1 aliphatic heterocycles. The van der Waals surface area contributed by atoms with Crippen LogP contribution in [0, 0.1) is 5.82 Å². The van der Waals surface area contributed by atoms with Gasteiger partial charge in [0.05, 0.1) is 6.20 Å². The summed E-state index contributed by atoms with van der Waals surface area (Å²) in [7, 11) is 0. The normalized spacial score (nSPS) is 24.6. The van der Waals surface area contributed by atoms with Gasteiger partial charge in [0, 0.05) is 32.6 Å². The van der Waals surface area contributed by atoms with E-state index in [0.717, 1.165) is 17.8 Å². The molecular weight excluding hydrogens is 405 g/mol. The van der Waals surface area contributed by atoms with Gasteiger partial charge in [-0.1, -0.05) is 11.6 Å². The number of halogens is 2. The molecule has 148 valence electrons. The predicted octanol–water partition coefficient (Wildman–Crippen LogP) is 2.12. The molecular formula is C16H17ClFNO7S. The van der Waals surface area contributed by atoms with Crippen LogP contribution in [0.15, 0.2) is 12.3 Å². The molecule has 1 aromatic rings. The van der Waals surface area contributed by atoms with E-state index < -0.39 is 47.5 Å². The van der Waals surface area contributed by atoms with E-state index in [-0.39, 0.29) is 16.7 Å². The Kier molecular flexibility index (Phi) is 7.25. The summed E-state index contributed by atoms with van der Waals surface area (Å²) < 4.78 is 34.9. The SMILES string of the molecule is CC(=O)O[C@@H]1[C@@H](OC(C)=O)[C@H](OC(C)=O)CS[C@H]1Oc1cnc(Cl)c(F)c1. The first-order chi connectivity index (χ1) is 12.7. The topological polar surface area (TPSA) is 101 Å². The van der Waals surface area contributed by atoms with E-state index in [2.05, 4.69) is 4.98 Å². The van der Waals surface area contributed by atoms with Crippen LogP contribution in [0.4, 0.5) is 4.39 Å². The number of esters is 3. The van der Waals surface area contributed by atoms with Crippen LogP contribution in [-0.4, -0.2) is 52.4 Å². The molecule has 0 aromatic carbocycles. The van der Waals surface area contributed by atoms with Gasteiger partial charge in [0.2, 0.25) is 0 Å².